The van der Waals surface area contributed by atoms with Gasteiger partial charge in [0.05, 0.1) is 6.26 Å². The van der Waals surface area contributed by atoms with Crippen molar-refractivity contribution in [3.8, 4) is 0 Å². The zero-order chi connectivity index (χ0) is 26.0. The van der Waals surface area contributed by atoms with E-state index in [-0.39, 0.29) is 0 Å². The summed E-state index contributed by atoms with van der Waals surface area (Å²) in [6.45, 7) is 0. The molecule has 186 valence electrons. The third-order valence-corrected chi connectivity index (χ3v) is 6.92. The van der Waals surface area contributed by atoms with E-state index in [0.29, 0.717) is 16.9 Å². The highest BCUT2D eigenvalue weighted by Crippen LogP contribution is 2.54. The molecule has 0 amide bonds. The summed E-state index contributed by atoms with van der Waals surface area (Å²) < 4.78 is 12.6. The lowest BCUT2D eigenvalue weighted by Crippen LogP contribution is -2.52. The van der Waals surface area contributed by atoms with Crippen LogP contribution in [0.5, 0.6) is 0 Å². The number of furan rings is 1. The number of nitrogens with zero attached hydrogens (tertiary/aromatic N) is 1. The minimum atomic E-state index is -1.91. The average Bonchev–Trinajstić information content (AvgIpc) is 3.65. The van der Waals surface area contributed by atoms with E-state index in [1.54, 1.807) is 66.9 Å². The van der Waals surface area contributed by atoms with Crippen LogP contribution in [0.3, 0.4) is 0 Å². The number of ketones is 2. The van der Waals surface area contributed by atoms with Gasteiger partial charge in [-0.05, 0) is 29.8 Å². The smallest absolute Gasteiger partial charge is 0.220 e. The number of Topliss-reactive ketones (excluding diaryl/α,β-unsaturated/α-hetero) is 2. The maximum Gasteiger partial charge on any atom is 0.220 e. The van der Waals surface area contributed by atoms with Crippen LogP contribution in [0.15, 0.2) is 144 Å². The largest absolute Gasteiger partial charge is 0.465 e. The maximum absolute atomic E-state index is 14.7. The Hall–Kier alpha value is -4.74. The Balaban J connectivity index is 1.66. The van der Waals surface area contributed by atoms with Crippen LogP contribution in [0.2, 0.25) is 0 Å². The molecule has 1 aromatic heterocycles. The van der Waals surface area contributed by atoms with Gasteiger partial charge in [0, 0.05) is 16.8 Å². The van der Waals surface area contributed by atoms with E-state index < -0.39 is 29.4 Å². The summed E-state index contributed by atoms with van der Waals surface area (Å²) >= 11 is 0. The van der Waals surface area contributed by atoms with Gasteiger partial charge < -0.3 is 14.1 Å². The van der Waals surface area contributed by atoms with Crippen LogP contribution >= 0.6 is 0 Å². The molecule has 5 heteroatoms. The second kappa shape index (κ2) is 9.96. The fourth-order valence-electron chi connectivity index (χ4n) is 5.24. The Morgan fingerprint density at radius 1 is 0.605 bits per heavy atom. The van der Waals surface area contributed by atoms with E-state index >= 15 is 0 Å². The molecule has 0 radical (unpaired) electrons. The van der Waals surface area contributed by atoms with E-state index in [1.807, 2.05) is 77.7 Å². The summed E-state index contributed by atoms with van der Waals surface area (Å²) in [5.41, 5.74) is 0.458. The molecule has 5 nitrogen and oxygen atoms in total. The van der Waals surface area contributed by atoms with Crippen molar-refractivity contribution < 1.29 is 18.7 Å². The Kier molecular flexibility index (Phi) is 6.20. The Morgan fingerprint density at radius 3 is 1.61 bits per heavy atom. The Labute approximate surface area is 220 Å². The Morgan fingerprint density at radius 2 is 1.11 bits per heavy atom. The summed E-state index contributed by atoms with van der Waals surface area (Å²) in [4.78, 5) is 31.3. The fraction of sp³-hybridized carbons (Fsp3) is 0.0909. The predicted octanol–water partition coefficient (Wildman–Crippen LogP) is 7.06. The van der Waals surface area contributed by atoms with Crippen molar-refractivity contribution in [3.63, 3.8) is 0 Å². The molecule has 0 unspecified atom stereocenters. The third kappa shape index (κ3) is 3.94. The Bertz CT molecular complexity index is 1470. The molecule has 0 aliphatic carbocycles. The highest BCUT2D eigenvalue weighted by molar-refractivity contribution is 6.24. The van der Waals surface area contributed by atoms with E-state index in [9.17, 15) is 9.59 Å². The van der Waals surface area contributed by atoms with Gasteiger partial charge in [0.25, 0.3) is 0 Å². The van der Waals surface area contributed by atoms with E-state index in [1.165, 1.54) is 0 Å². The minimum Gasteiger partial charge on any atom is -0.465 e. The quantitative estimate of drug-likeness (QED) is 0.177. The van der Waals surface area contributed by atoms with Gasteiger partial charge >= 0.3 is 0 Å². The average molecular weight is 500 g/mol. The highest BCUT2D eigenvalue weighted by Gasteiger charge is 2.64. The van der Waals surface area contributed by atoms with Crippen molar-refractivity contribution in [2.45, 2.75) is 17.9 Å². The molecule has 1 fully saturated rings. The summed E-state index contributed by atoms with van der Waals surface area (Å²) in [5.74, 6) is -0.315. The number of para-hydroxylation sites is 1. The molecule has 4 aromatic carbocycles. The number of carbonyl (C=O) groups is 2. The number of hydrogen-bond acceptors (Lipinski definition) is 5. The summed E-state index contributed by atoms with van der Waals surface area (Å²) in [6, 6.07) is 39.8. The van der Waals surface area contributed by atoms with Crippen LogP contribution in [0.1, 0.15) is 44.3 Å². The molecule has 0 spiro atoms. The van der Waals surface area contributed by atoms with Crippen LogP contribution in [-0.4, -0.2) is 17.2 Å². The zero-order valence-electron chi connectivity index (χ0n) is 20.5. The van der Waals surface area contributed by atoms with Crippen molar-refractivity contribution >= 4 is 17.3 Å². The van der Waals surface area contributed by atoms with Crippen molar-refractivity contribution in [2.75, 3.05) is 4.90 Å². The molecular weight excluding hydrogens is 474 g/mol. The van der Waals surface area contributed by atoms with Gasteiger partial charge in [0.15, 0.2) is 12.0 Å². The van der Waals surface area contributed by atoms with Crippen LogP contribution in [0.4, 0.5) is 5.69 Å². The van der Waals surface area contributed by atoms with Crippen molar-refractivity contribution in [2.24, 2.45) is 0 Å². The summed E-state index contributed by atoms with van der Waals surface area (Å²) in [6.07, 6.45) is 0.732. The second-order valence-electron chi connectivity index (χ2n) is 9.17. The maximum atomic E-state index is 14.7. The molecular formula is C33H25NO4. The monoisotopic (exact) mass is 499 g/mol. The van der Waals surface area contributed by atoms with Gasteiger partial charge in [-0.25, -0.2) is 0 Å². The fourth-order valence-corrected chi connectivity index (χ4v) is 5.24. The highest BCUT2D eigenvalue weighted by atomic mass is 16.6. The summed E-state index contributed by atoms with van der Waals surface area (Å²) in [5, 5.41) is 0. The molecule has 1 saturated heterocycles. The minimum absolute atomic E-state index is 0.394. The molecule has 0 N–H and O–H groups in total. The first-order chi connectivity index (χ1) is 18.7. The van der Waals surface area contributed by atoms with Gasteiger partial charge in [-0.3, -0.25) is 9.59 Å². The molecule has 6 rings (SSSR count). The molecule has 0 bridgehead atoms. The van der Waals surface area contributed by atoms with Gasteiger partial charge in [0.1, 0.15) is 6.04 Å². The second-order valence-corrected chi connectivity index (χ2v) is 9.17. The lowest BCUT2D eigenvalue weighted by Gasteiger charge is -2.35. The molecule has 1 aliphatic rings. The number of anilines is 1. The SMILES string of the molecule is O=C(c1ccccc1)C1(C(=O)c2ccccc2)O[C@H](c2ccco2)N(c2ccccc2)[C@H]1c1ccccc1. The van der Waals surface area contributed by atoms with Gasteiger partial charge in [-0.2, -0.15) is 0 Å². The third-order valence-electron chi connectivity index (χ3n) is 6.92. The molecule has 0 saturated carbocycles. The van der Waals surface area contributed by atoms with E-state index in [4.69, 9.17) is 9.15 Å². The molecule has 1 aliphatic heterocycles. The number of rotatable bonds is 7. The van der Waals surface area contributed by atoms with Crippen LogP contribution < -0.4 is 4.90 Å². The molecule has 2 atom stereocenters. The van der Waals surface area contributed by atoms with Crippen molar-refractivity contribution in [3.05, 3.63) is 162 Å². The van der Waals surface area contributed by atoms with E-state index in [0.717, 1.165) is 11.3 Å². The first-order valence-electron chi connectivity index (χ1n) is 12.5. The lowest BCUT2D eigenvalue weighted by atomic mass is 9.76. The number of hydrogen-bond donors (Lipinski definition) is 0. The van der Waals surface area contributed by atoms with Gasteiger partial charge in [-0.15, -0.1) is 0 Å². The van der Waals surface area contributed by atoms with Gasteiger partial charge in [-0.1, -0.05) is 109 Å². The van der Waals surface area contributed by atoms with Crippen LogP contribution in [-0.2, 0) is 4.74 Å². The summed E-state index contributed by atoms with van der Waals surface area (Å²) in [7, 11) is 0. The number of carbonyl (C=O) groups excluding carboxylic acids is 2. The zero-order valence-corrected chi connectivity index (χ0v) is 20.5. The molecule has 5 aromatic rings. The number of benzene rings is 4. The predicted molar refractivity (Wildman–Crippen MR) is 145 cm³/mol. The van der Waals surface area contributed by atoms with Gasteiger partial charge in [0.2, 0.25) is 17.2 Å². The lowest BCUT2D eigenvalue weighted by molar-refractivity contribution is -0.0223. The topological polar surface area (TPSA) is 59.8 Å². The standard InChI is InChI=1S/C33H25NO4/c35-30(25-16-7-2-8-17-25)33(31(36)26-18-9-3-10-19-26)29(24-14-5-1-6-15-24)34(27-20-11-4-12-21-27)32(38-33)28-22-13-23-37-28/h1-23,29,32H/t29-,32+/m0/s1. The van der Waals surface area contributed by atoms with Crippen LogP contribution in [0.25, 0.3) is 0 Å². The normalized spacial score (nSPS) is 18.3. The first-order valence-corrected chi connectivity index (χ1v) is 12.5. The van der Waals surface area contributed by atoms with Crippen molar-refractivity contribution in [1.29, 1.82) is 0 Å². The molecule has 38 heavy (non-hydrogen) atoms. The van der Waals surface area contributed by atoms with Crippen molar-refractivity contribution in [1.82, 2.24) is 0 Å². The number of ether oxygens (including phenoxy) is 1. The van der Waals surface area contributed by atoms with E-state index in [2.05, 4.69) is 0 Å². The first kappa shape index (κ1) is 23.6. The molecule has 2 heterocycles. The van der Waals surface area contributed by atoms with Crippen LogP contribution in [0, 0.1) is 0 Å².